The fraction of sp³-hybridized carbons (Fsp3) is 0.263. The topological polar surface area (TPSA) is 75.6 Å². The lowest BCUT2D eigenvalue weighted by Crippen LogP contribution is -2.24. The summed E-state index contributed by atoms with van der Waals surface area (Å²) in [4.78, 5) is 22.4. The standard InChI is InChI=1S/C19H21NO4/c21-18(22)8-4-5-13-20-19(23)16-11-9-15(10-12-16)14-24-17-6-2-1-3-7-17/h1-3,6-7,9-12H,4-5,8,13-14H2,(H,20,23)(H,21,22). The molecule has 1 amide bonds. The molecule has 126 valence electrons. The fourth-order valence-corrected chi connectivity index (χ4v) is 2.14. The summed E-state index contributed by atoms with van der Waals surface area (Å²) >= 11 is 0. The number of benzene rings is 2. The first kappa shape index (κ1) is 17.5. The highest BCUT2D eigenvalue weighted by molar-refractivity contribution is 5.94. The number of unbranched alkanes of at least 4 members (excludes halogenated alkanes) is 1. The van der Waals surface area contributed by atoms with E-state index in [2.05, 4.69) is 5.32 Å². The van der Waals surface area contributed by atoms with E-state index < -0.39 is 5.97 Å². The molecule has 0 aromatic heterocycles. The van der Waals surface area contributed by atoms with E-state index in [0.29, 0.717) is 31.6 Å². The summed E-state index contributed by atoms with van der Waals surface area (Å²) in [6.07, 6.45) is 1.35. The maximum Gasteiger partial charge on any atom is 0.303 e. The molecule has 0 saturated heterocycles. The van der Waals surface area contributed by atoms with Crippen LogP contribution in [0.2, 0.25) is 0 Å². The van der Waals surface area contributed by atoms with Gasteiger partial charge in [0.25, 0.3) is 5.91 Å². The second kappa shape index (κ2) is 9.35. The van der Waals surface area contributed by atoms with Crippen molar-refractivity contribution in [1.82, 2.24) is 5.32 Å². The highest BCUT2D eigenvalue weighted by Crippen LogP contribution is 2.12. The lowest BCUT2D eigenvalue weighted by molar-refractivity contribution is -0.137. The van der Waals surface area contributed by atoms with Gasteiger partial charge in [0, 0.05) is 18.5 Å². The van der Waals surface area contributed by atoms with Gasteiger partial charge < -0.3 is 15.2 Å². The van der Waals surface area contributed by atoms with Crippen molar-refractivity contribution in [3.8, 4) is 5.75 Å². The zero-order chi connectivity index (χ0) is 17.2. The van der Waals surface area contributed by atoms with Crippen molar-refractivity contribution >= 4 is 11.9 Å². The molecule has 0 saturated carbocycles. The molecule has 0 aliphatic carbocycles. The molecule has 0 heterocycles. The number of para-hydroxylation sites is 1. The number of amides is 1. The van der Waals surface area contributed by atoms with Crippen LogP contribution in [0.4, 0.5) is 0 Å². The normalized spacial score (nSPS) is 10.2. The molecule has 2 aromatic rings. The zero-order valence-corrected chi connectivity index (χ0v) is 13.4. The second-order valence-corrected chi connectivity index (χ2v) is 5.41. The first-order valence-electron chi connectivity index (χ1n) is 7.92. The van der Waals surface area contributed by atoms with E-state index in [0.717, 1.165) is 11.3 Å². The van der Waals surface area contributed by atoms with E-state index in [1.807, 2.05) is 42.5 Å². The summed E-state index contributed by atoms with van der Waals surface area (Å²) in [6, 6.07) is 16.8. The molecule has 0 unspecified atom stereocenters. The summed E-state index contributed by atoms with van der Waals surface area (Å²) in [5.74, 6) is -0.156. The fourth-order valence-electron chi connectivity index (χ4n) is 2.14. The van der Waals surface area contributed by atoms with Gasteiger partial charge in [-0.1, -0.05) is 30.3 Å². The third-order valence-corrected chi connectivity index (χ3v) is 3.47. The van der Waals surface area contributed by atoms with Crippen LogP contribution < -0.4 is 10.1 Å². The minimum atomic E-state index is -0.811. The molecule has 2 N–H and O–H groups in total. The van der Waals surface area contributed by atoms with Crippen molar-refractivity contribution in [2.45, 2.75) is 25.9 Å². The molecule has 5 nitrogen and oxygen atoms in total. The first-order valence-corrected chi connectivity index (χ1v) is 7.92. The Labute approximate surface area is 141 Å². The van der Waals surface area contributed by atoms with Crippen LogP contribution in [-0.4, -0.2) is 23.5 Å². The number of hydrogen-bond donors (Lipinski definition) is 2. The van der Waals surface area contributed by atoms with Gasteiger partial charge in [0.2, 0.25) is 0 Å². The number of carbonyl (C=O) groups excluding carboxylic acids is 1. The van der Waals surface area contributed by atoms with Crippen molar-refractivity contribution < 1.29 is 19.4 Å². The number of aliphatic carboxylic acids is 1. The Kier molecular flexibility index (Phi) is 6.83. The van der Waals surface area contributed by atoms with E-state index in [1.54, 1.807) is 12.1 Å². The summed E-state index contributed by atoms with van der Waals surface area (Å²) in [5.41, 5.74) is 1.56. The molecule has 0 aliphatic rings. The average Bonchev–Trinajstić information content (AvgIpc) is 2.60. The van der Waals surface area contributed by atoms with E-state index in [-0.39, 0.29) is 12.3 Å². The summed E-state index contributed by atoms with van der Waals surface area (Å²) in [7, 11) is 0. The molecule has 24 heavy (non-hydrogen) atoms. The highest BCUT2D eigenvalue weighted by Gasteiger charge is 2.05. The number of ether oxygens (including phenoxy) is 1. The molecule has 0 bridgehead atoms. The van der Waals surface area contributed by atoms with Crippen molar-refractivity contribution in [2.75, 3.05) is 6.54 Å². The number of carboxylic acid groups (broad SMARTS) is 1. The molecule has 0 atom stereocenters. The second-order valence-electron chi connectivity index (χ2n) is 5.41. The number of carboxylic acids is 1. The largest absolute Gasteiger partial charge is 0.489 e. The van der Waals surface area contributed by atoms with E-state index in [1.165, 1.54) is 0 Å². The van der Waals surface area contributed by atoms with Gasteiger partial charge in [0.1, 0.15) is 12.4 Å². The van der Waals surface area contributed by atoms with Crippen molar-refractivity contribution in [3.05, 3.63) is 65.7 Å². The predicted octanol–water partition coefficient (Wildman–Crippen LogP) is 3.25. The molecule has 2 rings (SSSR count). The van der Waals surface area contributed by atoms with Crippen molar-refractivity contribution in [1.29, 1.82) is 0 Å². The molecule has 0 aliphatic heterocycles. The lowest BCUT2D eigenvalue weighted by Gasteiger charge is -2.08. The smallest absolute Gasteiger partial charge is 0.303 e. The minimum absolute atomic E-state index is 0.131. The molecule has 2 aromatic carbocycles. The van der Waals surface area contributed by atoms with Gasteiger partial charge in [-0.05, 0) is 42.7 Å². The summed E-state index contributed by atoms with van der Waals surface area (Å²) in [5, 5.41) is 11.3. The molecule has 0 spiro atoms. The van der Waals surface area contributed by atoms with Crippen LogP contribution in [0.25, 0.3) is 0 Å². The van der Waals surface area contributed by atoms with Gasteiger partial charge in [-0.25, -0.2) is 0 Å². The van der Waals surface area contributed by atoms with Crippen LogP contribution in [0.5, 0.6) is 5.75 Å². The number of nitrogens with one attached hydrogen (secondary N) is 1. The Bertz CT molecular complexity index is 653. The van der Waals surface area contributed by atoms with Gasteiger partial charge in [0.05, 0.1) is 0 Å². The van der Waals surface area contributed by atoms with Crippen LogP contribution in [0.1, 0.15) is 35.2 Å². The van der Waals surface area contributed by atoms with Crippen LogP contribution in [0.15, 0.2) is 54.6 Å². The maximum atomic E-state index is 12.0. The molecule has 0 fully saturated rings. The molecular formula is C19H21NO4. The van der Waals surface area contributed by atoms with Crippen molar-refractivity contribution in [2.24, 2.45) is 0 Å². The first-order chi connectivity index (χ1) is 11.6. The lowest BCUT2D eigenvalue weighted by atomic mass is 10.1. The summed E-state index contributed by atoms with van der Waals surface area (Å²) < 4.78 is 5.65. The van der Waals surface area contributed by atoms with E-state index in [9.17, 15) is 9.59 Å². The third-order valence-electron chi connectivity index (χ3n) is 3.47. The van der Waals surface area contributed by atoms with Crippen LogP contribution in [0.3, 0.4) is 0 Å². The molecule has 0 radical (unpaired) electrons. The maximum absolute atomic E-state index is 12.0. The van der Waals surface area contributed by atoms with E-state index >= 15 is 0 Å². The van der Waals surface area contributed by atoms with Crippen LogP contribution in [0, 0.1) is 0 Å². The van der Waals surface area contributed by atoms with Crippen molar-refractivity contribution in [3.63, 3.8) is 0 Å². The minimum Gasteiger partial charge on any atom is -0.489 e. The van der Waals surface area contributed by atoms with Gasteiger partial charge in [0.15, 0.2) is 0 Å². The van der Waals surface area contributed by atoms with Gasteiger partial charge in [-0.2, -0.15) is 0 Å². The Morgan fingerprint density at radius 2 is 1.67 bits per heavy atom. The Balaban J connectivity index is 1.74. The van der Waals surface area contributed by atoms with Crippen LogP contribution >= 0.6 is 0 Å². The van der Waals surface area contributed by atoms with Crippen LogP contribution in [-0.2, 0) is 11.4 Å². The number of carbonyl (C=O) groups is 2. The predicted molar refractivity (Wildman–Crippen MR) is 91.0 cm³/mol. The quantitative estimate of drug-likeness (QED) is 0.693. The Hall–Kier alpha value is -2.82. The average molecular weight is 327 g/mol. The molecule has 5 heteroatoms. The number of hydrogen-bond acceptors (Lipinski definition) is 3. The Morgan fingerprint density at radius 1 is 0.958 bits per heavy atom. The highest BCUT2D eigenvalue weighted by atomic mass is 16.5. The summed E-state index contributed by atoms with van der Waals surface area (Å²) in [6.45, 7) is 0.923. The Morgan fingerprint density at radius 3 is 2.33 bits per heavy atom. The van der Waals surface area contributed by atoms with Gasteiger partial charge in [-0.3, -0.25) is 9.59 Å². The third kappa shape index (κ3) is 6.12. The SMILES string of the molecule is O=C(O)CCCCNC(=O)c1ccc(COc2ccccc2)cc1. The monoisotopic (exact) mass is 327 g/mol. The molecular weight excluding hydrogens is 306 g/mol. The van der Waals surface area contributed by atoms with Gasteiger partial charge in [-0.15, -0.1) is 0 Å². The van der Waals surface area contributed by atoms with E-state index in [4.69, 9.17) is 9.84 Å². The zero-order valence-electron chi connectivity index (χ0n) is 13.4. The number of rotatable bonds is 9. The van der Waals surface area contributed by atoms with Gasteiger partial charge >= 0.3 is 5.97 Å².